The minimum Gasteiger partial charge on any atom is -0.494 e. The third kappa shape index (κ3) is 8.34. The van der Waals surface area contributed by atoms with Gasteiger partial charge in [-0.3, -0.25) is 13.9 Å². The highest BCUT2D eigenvalue weighted by molar-refractivity contribution is 7.98. The van der Waals surface area contributed by atoms with Crippen LogP contribution in [0.4, 0.5) is 5.69 Å². The third-order valence-corrected chi connectivity index (χ3v) is 9.57. The molecule has 0 radical (unpaired) electrons. The molecule has 3 aromatic rings. The molecule has 0 fully saturated rings. The van der Waals surface area contributed by atoms with Crippen molar-refractivity contribution in [3.8, 4) is 5.75 Å². The average molecular weight is 653 g/mol. The first-order valence-electron chi connectivity index (χ1n) is 13.5. The van der Waals surface area contributed by atoms with Crippen molar-refractivity contribution in [1.82, 2.24) is 10.2 Å². The topological polar surface area (TPSA) is 96.0 Å². The van der Waals surface area contributed by atoms with E-state index in [1.165, 1.54) is 28.8 Å². The molecule has 226 valence electrons. The van der Waals surface area contributed by atoms with Crippen molar-refractivity contribution in [2.24, 2.45) is 0 Å². The number of carbonyl (C=O) groups is 2. The number of halogens is 2. The summed E-state index contributed by atoms with van der Waals surface area (Å²) in [5, 5.41) is 3.53. The number of carbonyl (C=O) groups excluding carboxylic acids is 2. The zero-order valence-corrected chi connectivity index (χ0v) is 27.1. The van der Waals surface area contributed by atoms with Crippen LogP contribution in [0.3, 0.4) is 0 Å². The zero-order valence-electron chi connectivity index (χ0n) is 24.0. The van der Waals surface area contributed by atoms with E-state index in [0.717, 1.165) is 9.20 Å². The van der Waals surface area contributed by atoms with Gasteiger partial charge < -0.3 is 15.0 Å². The van der Waals surface area contributed by atoms with Crippen molar-refractivity contribution in [2.75, 3.05) is 30.3 Å². The van der Waals surface area contributed by atoms with Crippen LogP contribution in [0.1, 0.15) is 32.8 Å². The Hall–Kier alpha value is -2.92. The lowest BCUT2D eigenvalue weighted by Crippen LogP contribution is -2.52. The summed E-state index contributed by atoms with van der Waals surface area (Å²) in [5.74, 6) is -0.352. The molecule has 0 saturated heterocycles. The molecule has 0 aliphatic rings. The Bertz CT molecular complexity index is 1470. The number of thioether (sulfide) groups is 1. The van der Waals surface area contributed by atoms with Gasteiger partial charge in [0.05, 0.1) is 17.2 Å². The Kier molecular flexibility index (Phi) is 12.4. The van der Waals surface area contributed by atoms with Gasteiger partial charge in [0.25, 0.3) is 10.0 Å². The molecule has 0 bridgehead atoms. The molecule has 0 unspecified atom stereocenters. The van der Waals surface area contributed by atoms with Gasteiger partial charge in [-0.2, -0.15) is 0 Å². The lowest BCUT2D eigenvalue weighted by molar-refractivity contribution is -0.140. The number of amides is 2. The molecule has 42 heavy (non-hydrogen) atoms. The molecule has 0 aliphatic heterocycles. The minimum absolute atomic E-state index is 0.0237. The molecule has 0 spiro atoms. The number of hydrogen-bond donors (Lipinski definition) is 1. The summed E-state index contributed by atoms with van der Waals surface area (Å²) in [5.41, 5.74) is 0.844. The van der Waals surface area contributed by atoms with E-state index in [-0.39, 0.29) is 23.0 Å². The van der Waals surface area contributed by atoms with E-state index in [1.54, 1.807) is 68.4 Å². The van der Waals surface area contributed by atoms with Crippen LogP contribution in [0.15, 0.2) is 76.5 Å². The first-order chi connectivity index (χ1) is 20.0. The van der Waals surface area contributed by atoms with Crippen molar-refractivity contribution in [3.05, 3.63) is 82.3 Å². The molecule has 0 saturated carbocycles. The van der Waals surface area contributed by atoms with E-state index in [2.05, 4.69) is 5.32 Å². The number of hydrogen-bond acceptors (Lipinski definition) is 6. The molecule has 3 aromatic carbocycles. The maximum atomic E-state index is 14.1. The highest BCUT2D eigenvalue weighted by Crippen LogP contribution is 2.29. The van der Waals surface area contributed by atoms with Crippen molar-refractivity contribution < 1.29 is 22.7 Å². The van der Waals surface area contributed by atoms with Gasteiger partial charge in [0.2, 0.25) is 11.8 Å². The van der Waals surface area contributed by atoms with E-state index >= 15 is 0 Å². The largest absolute Gasteiger partial charge is 0.494 e. The van der Waals surface area contributed by atoms with Crippen LogP contribution in [0.5, 0.6) is 5.75 Å². The maximum absolute atomic E-state index is 14.1. The summed E-state index contributed by atoms with van der Waals surface area (Å²) in [4.78, 5) is 29.5. The van der Waals surface area contributed by atoms with Gasteiger partial charge in [0.1, 0.15) is 18.3 Å². The summed E-state index contributed by atoms with van der Waals surface area (Å²) < 4.78 is 34.6. The second-order valence-electron chi connectivity index (χ2n) is 9.19. The molecule has 0 heterocycles. The van der Waals surface area contributed by atoms with Crippen LogP contribution in [0.25, 0.3) is 0 Å². The van der Waals surface area contributed by atoms with Crippen molar-refractivity contribution in [3.63, 3.8) is 0 Å². The Morgan fingerprint density at radius 3 is 2.19 bits per heavy atom. The molecule has 0 aliphatic carbocycles. The normalized spacial score (nSPS) is 12.0. The Morgan fingerprint density at radius 2 is 1.64 bits per heavy atom. The Labute approximate surface area is 262 Å². The monoisotopic (exact) mass is 651 g/mol. The Morgan fingerprint density at radius 1 is 0.976 bits per heavy atom. The number of nitrogens with one attached hydrogen (secondary N) is 1. The van der Waals surface area contributed by atoms with E-state index in [0.29, 0.717) is 40.9 Å². The quantitative estimate of drug-likeness (QED) is 0.207. The molecule has 2 amide bonds. The summed E-state index contributed by atoms with van der Waals surface area (Å²) >= 11 is 14.0. The molecule has 12 heteroatoms. The zero-order chi connectivity index (χ0) is 30.9. The smallest absolute Gasteiger partial charge is 0.264 e. The first kappa shape index (κ1) is 33.6. The van der Waals surface area contributed by atoms with Crippen LogP contribution in [0, 0.1) is 0 Å². The van der Waals surface area contributed by atoms with Gasteiger partial charge in [-0.15, -0.1) is 11.8 Å². The fraction of sp³-hybridized carbons (Fsp3) is 0.333. The maximum Gasteiger partial charge on any atom is 0.264 e. The summed E-state index contributed by atoms with van der Waals surface area (Å²) in [7, 11) is -4.19. The number of benzene rings is 3. The minimum atomic E-state index is -4.19. The predicted octanol–water partition coefficient (Wildman–Crippen LogP) is 6.25. The SMILES string of the molecule is CCNC(=O)[C@H](CC)N(Cc1ccc(Cl)cc1Cl)C(=O)CN(c1ccc(OCC)cc1)S(=O)(=O)c1ccc(SC)cc1. The molecular weight excluding hydrogens is 617 g/mol. The fourth-order valence-electron chi connectivity index (χ4n) is 4.32. The van der Waals surface area contributed by atoms with Crippen molar-refractivity contribution in [1.29, 1.82) is 0 Å². The van der Waals surface area contributed by atoms with E-state index in [4.69, 9.17) is 27.9 Å². The van der Waals surface area contributed by atoms with E-state index in [9.17, 15) is 18.0 Å². The van der Waals surface area contributed by atoms with Gasteiger partial charge in [-0.25, -0.2) is 8.42 Å². The number of rotatable bonds is 14. The lowest BCUT2D eigenvalue weighted by atomic mass is 10.1. The first-order valence-corrected chi connectivity index (χ1v) is 16.9. The van der Waals surface area contributed by atoms with Crippen LogP contribution in [-0.4, -0.2) is 57.1 Å². The number of likely N-dealkylation sites (N-methyl/N-ethyl adjacent to an activating group) is 1. The number of ether oxygens (including phenoxy) is 1. The van der Waals surface area contributed by atoms with Gasteiger partial charge in [-0.05, 0) is 92.8 Å². The molecule has 3 rings (SSSR count). The predicted molar refractivity (Wildman–Crippen MR) is 170 cm³/mol. The van der Waals surface area contributed by atoms with Crippen LogP contribution in [-0.2, 0) is 26.2 Å². The fourth-order valence-corrected chi connectivity index (χ4v) is 6.61. The van der Waals surface area contributed by atoms with Crippen molar-refractivity contribution in [2.45, 2.75) is 49.6 Å². The second-order valence-corrected chi connectivity index (χ2v) is 12.8. The number of nitrogens with zero attached hydrogens (tertiary/aromatic N) is 2. The summed E-state index contributed by atoms with van der Waals surface area (Å²) in [6, 6.07) is 17.0. The molecular formula is C30H35Cl2N3O5S2. The highest BCUT2D eigenvalue weighted by Gasteiger charge is 2.34. The highest BCUT2D eigenvalue weighted by atomic mass is 35.5. The van der Waals surface area contributed by atoms with Gasteiger partial charge >= 0.3 is 0 Å². The van der Waals surface area contributed by atoms with Crippen LogP contribution >= 0.6 is 35.0 Å². The molecule has 0 aromatic heterocycles. The van der Waals surface area contributed by atoms with Gasteiger partial charge in [-0.1, -0.05) is 36.2 Å². The van der Waals surface area contributed by atoms with E-state index < -0.39 is 28.5 Å². The Balaban J connectivity index is 2.08. The van der Waals surface area contributed by atoms with Gasteiger partial charge in [0.15, 0.2) is 0 Å². The molecule has 1 atom stereocenters. The standard InChI is InChI=1S/C30H35Cl2N3O5S2/c1-5-28(30(37)33-6-2)34(19-21-8-9-22(31)18-27(21)32)29(36)20-35(23-10-12-24(13-11-23)40-7-3)42(38,39)26-16-14-25(41-4)15-17-26/h8-18,28H,5-7,19-20H2,1-4H3,(H,33,37)/t28-/m0/s1. The van der Waals surface area contributed by atoms with Gasteiger partial charge in [0, 0.05) is 28.0 Å². The third-order valence-electron chi connectivity index (χ3n) is 6.45. The summed E-state index contributed by atoms with van der Waals surface area (Å²) in [6.45, 7) is 5.67. The second kappa shape index (κ2) is 15.5. The molecule has 8 nitrogen and oxygen atoms in total. The average Bonchev–Trinajstić information content (AvgIpc) is 2.97. The number of anilines is 1. The van der Waals surface area contributed by atoms with Crippen LogP contribution in [0.2, 0.25) is 10.0 Å². The van der Waals surface area contributed by atoms with Crippen molar-refractivity contribution >= 4 is 62.5 Å². The lowest BCUT2D eigenvalue weighted by Gasteiger charge is -2.33. The summed E-state index contributed by atoms with van der Waals surface area (Å²) in [6.07, 6.45) is 2.20. The number of sulfonamides is 1. The van der Waals surface area contributed by atoms with E-state index in [1.807, 2.05) is 13.2 Å². The van der Waals surface area contributed by atoms with Crippen LogP contribution < -0.4 is 14.4 Å². The molecule has 1 N–H and O–H groups in total.